The number of morpholine rings is 1. The number of nitrogens with one attached hydrogen (secondary N) is 1. The molecule has 2 aromatic rings. The quantitative estimate of drug-likeness (QED) is 0.878. The molecule has 0 saturated carbocycles. The summed E-state index contributed by atoms with van der Waals surface area (Å²) in [6, 6.07) is 0. The first-order valence-corrected chi connectivity index (χ1v) is 7.26. The average Bonchev–Trinajstić information content (AvgIpc) is 3.15. The van der Waals surface area contributed by atoms with Gasteiger partial charge in [0, 0.05) is 25.8 Å². The summed E-state index contributed by atoms with van der Waals surface area (Å²) >= 11 is 0. The largest absolute Gasteiger partial charge is 0.448 e. The molecule has 8 heteroatoms. The lowest BCUT2D eigenvalue weighted by molar-refractivity contribution is 0.0360. The monoisotopic (exact) mass is 305 g/mol. The fourth-order valence-corrected chi connectivity index (χ4v) is 2.33. The lowest BCUT2D eigenvalue weighted by Crippen LogP contribution is -2.38. The maximum absolute atomic E-state index is 12.0. The van der Waals surface area contributed by atoms with Gasteiger partial charge in [-0.15, -0.1) is 0 Å². The fourth-order valence-electron chi connectivity index (χ4n) is 2.33. The molecular formula is C14H19N5O3. The third-order valence-electron chi connectivity index (χ3n) is 3.60. The maximum atomic E-state index is 12.0. The van der Waals surface area contributed by atoms with Crippen LogP contribution in [-0.2, 0) is 11.3 Å². The molecular weight excluding hydrogens is 286 g/mol. The Balaban J connectivity index is 1.52. The Morgan fingerprint density at radius 1 is 1.36 bits per heavy atom. The van der Waals surface area contributed by atoms with Gasteiger partial charge in [0.25, 0.3) is 5.91 Å². The van der Waals surface area contributed by atoms with Crippen LogP contribution in [0.15, 0.2) is 23.2 Å². The number of carbonyl (C=O) groups is 1. The summed E-state index contributed by atoms with van der Waals surface area (Å²) < 4.78 is 12.2. The lowest BCUT2D eigenvalue weighted by atomic mass is 10.3. The van der Waals surface area contributed by atoms with Crippen molar-refractivity contribution in [3.63, 3.8) is 0 Å². The minimum atomic E-state index is -0.293. The lowest BCUT2D eigenvalue weighted by Gasteiger charge is -2.26. The number of aromatic nitrogens is 3. The van der Waals surface area contributed by atoms with Gasteiger partial charge in [0.1, 0.15) is 5.76 Å². The molecule has 0 aliphatic carbocycles. The highest BCUT2D eigenvalue weighted by Crippen LogP contribution is 2.10. The molecule has 2 aromatic heterocycles. The van der Waals surface area contributed by atoms with Crippen LogP contribution in [-0.4, -0.2) is 58.4 Å². The van der Waals surface area contributed by atoms with Crippen molar-refractivity contribution < 1.29 is 13.9 Å². The molecule has 1 saturated heterocycles. The van der Waals surface area contributed by atoms with Gasteiger partial charge in [-0.05, 0) is 6.92 Å². The topological polar surface area (TPSA) is 85.4 Å². The zero-order valence-corrected chi connectivity index (χ0v) is 12.5. The Hall–Kier alpha value is -2.19. The van der Waals surface area contributed by atoms with Gasteiger partial charge in [0.15, 0.2) is 12.1 Å². The van der Waals surface area contributed by atoms with Crippen molar-refractivity contribution in [2.24, 2.45) is 0 Å². The number of nitrogens with zero attached hydrogens (tertiary/aromatic N) is 4. The van der Waals surface area contributed by atoms with Gasteiger partial charge in [-0.3, -0.25) is 14.4 Å². The minimum Gasteiger partial charge on any atom is -0.448 e. The van der Waals surface area contributed by atoms with Crippen molar-refractivity contribution in [1.82, 2.24) is 19.7 Å². The molecule has 0 atom stereocenters. The molecule has 0 aromatic carbocycles. The molecule has 118 valence electrons. The van der Waals surface area contributed by atoms with E-state index in [-0.39, 0.29) is 5.91 Å². The highest BCUT2D eigenvalue weighted by Gasteiger charge is 2.14. The average molecular weight is 305 g/mol. The van der Waals surface area contributed by atoms with E-state index in [9.17, 15) is 4.79 Å². The number of hydrogen-bond donors (Lipinski definition) is 1. The SMILES string of the molecule is Cc1ocnc1C(=O)Nc1cnn(CCN2CCOCC2)c1. The summed E-state index contributed by atoms with van der Waals surface area (Å²) in [7, 11) is 0. The number of hydrogen-bond acceptors (Lipinski definition) is 6. The van der Waals surface area contributed by atoms with Gasteiger partial charge in [0.05, 0.1) is 31.6 Å². The Kier molecular flexibility index (Phi) is 4.50. The van der Waals surface area contributed by atoms with Crippen LogP contribution in [0.2, 0.25) is 0 Å². The van der Waals surface area contributed by atoms with Crippen molar-refractivity contribution in [1.29, 1.82) is 0 Å². The minimum absolute atomic E-state index is 0.293. The van der Waals surface area contributed by atoms with Gasteiger partial charge in [-0.1, -0.05) is 0 Å². The summed E-state index contributed by atoms with van der Waals surface area (Å²) in [6.45, 7) is 6.88. The standard InChI is InChI=1S/C14H19N5O3/c1-11-13(15-10-22-11)14(20)17-12-8-16-19(9-12)3-2-18-4-6-21-7-5-18/h8-10H,2-7H2,1H3,(H,17,20). The summed E-state index contributed by atoms with van der Waals surface area (Å²) in [6.07, 6.45) is 4.70. The summed E-state index contributed by atoms with van der Waals surface area (Å²) in [5.74, 6) is 0.205. The number of rotatable bonds is 5. The van der Waals surface area contributed by atoms with E-state index in [0.717, 1.165) is 39.4 Å². The summed E-state index contributed by atoms with van der Waals surface area (Å²) in [5.41, 5.74) is 0.940. The fraction of sp³-hybridized carbons (Fsp3) is 0.500. The first-order chi connectivity index (χ1) is 10.7. The van der Waals surface area contributed by atoms with Gasteiger partial charge in [-0.2, -0.15) is 5.10 Å². The molecule has 0 bridgehead atoms. The molecule has 1 aliphatic heterocycles. The van der Waals surface area contributed by atoms with E-state index in [0.29, 0.717) is 17.1 Å². The maximum Gasteiger partial charge on any atom is 0.277 e. The molecule has 8 nitrogen and oxygen atoms in total. The second kappa shape index (κ2) is 6.71. The van der Waals surface area contributed by atoms with Crippen molar-refractivity contribution in [3.8, 4) is 0 Å². The molecule has 0 radical (unpaired) electrons. The van der Waals surface area contributed by atoms with Crippen LogP contribution in [0.4, 0.5) is 5.69 Å². The van der Waals surface area contributed by atoms with Crippen LogP contribution in [0.5, 0.6) is 0 Å². The van der Waals surface area contributed by atoms with Crippen molar-refractivity contribution in [2.45, 2.75) is 13.5 Å². The van der Waals surface area contributed by atoms with Crippen LogP contribution in [0, 0.1) is 6.92 Å². The van der Waals surface area contributed by atoms with Crippen molar-refractivity contribution >= 4 is 11.6 Å². The van der Waals surface area contributed by atoms with Crippen molar-refractivity contribution in [3.05, 3.63) is 30.2 Å². The van der Waals surface area contributed by atoms with E-state index >= 15 is 0 Å². The van der Waals surface area contributed by atoms with Gasteiger partial charge >= 0.3 is 0 Å². The first kappa shape index (κ1) is 14.7. The molecule has 1 fully saturated rings. The highest BCUT2D eigenvalue weighted by atomic mass is 16.5. The van der Waals surface area contributed by atoms with E-state index in [2.05, 4.69) is 20.3 Å². The Morgan fingerprint density at radius 3 is 2.91 bits per heavy atom. The van der Waals surface area contributed by atoms with Crippen LogP contribution >= 0.6 is 0 Å². The number of carbonyl (C=O) groups excluding carboxylic acids is 1. The van der Waals surface area contributed by atoms with E-state index in [1.807, 2.05) is 10.9 Å². The molecule has 3 rings (SSSR count). The molecule has 22 heavy (non-hydrogen) atoms. The first-order valence-electron chi connectivity index (χ1n) is 7.26. The summed E-state index contributed by atoms with van der Waals surface area (Å²) in [5, 5.41) is 7.02. The van der Waals surface area contributed by atoms with E-state index in [1.165, 1.54) is 6.39 Å². The number of oxazole rings is 1. The van der Waals surface area contributed by atoms with Gasteiger partial charge < -0.3 is 14.5 Å². The molecule has 1 N–H and O–H groups in total. The molecule has 1 amide bonds. The second-order valence-electron chi connectivity index (χ2n) is 5.16. The zero-order chi connectivity index (χ0) is 15.4. The van der Waals surface area contributed by atoms with Gasteiger partial charge in [-0.25, -0.2) is 4.98 Å². The third kappa shape index (κ3) is 3.52. The zero-order valence-electron chi connectivity index (χ0n) is 12.5. The predicted octanol–water partition coefficient (Wildman–Crippen LogP) is 0.764. The normalized spacial score (nSPS) is 15.9. The predicted molar refractivity (Wildman–Crippen MR) is 78.7 cm³/mol. The van der Waals surface area contributed by atoms with Gasteiger partial charge in [0.2, 0.25) is 0 Å². The van der Waals surface area contributed by atoms with E-state index < -0.39 is 0 Å². The van der Waals surface area contributed by atoms with Crippen LogP contribution in [0.1, 0.15) is 16.2 Å². The second-order valence-corrected chi connectivity index (χ2v) is 5.16. The Labute approximate surface area is 128 Å². The van der Waals surface area contributed by atoms with Crippen molar-refractivity contribution in [2.75, 3.05) is 38.2 Å². The number of amides is 1. The number of aryl methyl sites for hydroxylation is 1. The number of ether oxygens (including phenoxy) is 1. The molecule has 3 heterocycles. The third-order valence-corrected chi connectivity index (χ3v) is 3.60. The molecule has 0 unspecified atom stereocenters. The van der Waals surface area contributed by atoms with Crippen LogP contribution in [0.25, 0.3) is 0 Å². The van der Waals surface area contributed by atoms with Crippen LogP contribution < -0.4 is 5.32 Å². The number of anilines is 1. The van der Waals surface area contributed by atoms with E-state index in [4.69, 9.17) is 9.15 Å². The molecule has 1 aliphatic rings. The smallest absolute Gasteiger partial charge is 0.277 e. The van der Waals surface area contributed by atoms with E-state index in [1.54, 1.807) is 13.1 Å². The molecule has 0 spiro atoms. The van der Waals surface area contributed by atoms with Crippen LogP contribution in [0.3, 0.4) is 0 Å². The summed E-state index contributed by atoms with van der Waals surface area (Å²) in [4.78, 5) is 18.2. The Bertz CT molecular complexity index is 630. The Morgan fingerprint density at radius 2 is 2.18 bits per heavy atom. The highest BCUT2D eigenvalue weighted by molar-refractivity contribution is 6.03.